The molecule has 7 N–H and O–H groups in total. The Morgan fingerprint density at radius 3 is 2.27 bits per heavy atom. The number of amides is 2. The van der Waals surface area contributed by atoms with E-state index < -0.39 is 114 Å². The number of nitrogens with one attached hydrogen (secondary N) is 1. The zero-order valence-electron chi connectivity index (χ0n) is 50.9. The molecule has 1 unspecified atom stereocenters. The number of piperidine rings is 1. The van der Waals surface area contributed by atoms with Gasteiger partial charge in [-0.05, 0) is 115 Å². The van der Waals surface area contributed by atoms with Crippen molar-refractivity contribution in [3.8, 4) is 0 Å². The molecule has 21 nitrogen and oxygen atoms in total. The molecule has 0 aromatic carbocycles. The zero-order chi connectivity index (χ0) is 60.5. The molecule has 1 saturated carbocycles. The van der Waals surface area contributed by atoms with Crippen molar-refractivity contribution in [2.45, 2.75) is 204 Å². The second-order valence-electron chi connectivity index (χ2n) is 24.8. The first kappa shape index (κ1) is 68.1. The van der Waals surface area contributed by atoms with Crippen molar-refractivity contribution in [2.75, 3.05) is 80.4 Å². The van der Waals surface area contributed by atoms with Crippen LogP contribution in [0.1, 0.15) is 125 Å². The number of esters is 1. The molecule has 0 aromatic rings. The summed E-state index contributed by atoms with van der Waals surface area (Å²) < 4.78 is 41.5. The van der Waals surface area contributed by atoms with Crippen LogP contribution in [0, 0.1) is 29.6 Å². The lowest BCUT2D eigenvalue weighted by molar-refractivity contribution is -0.265. The summed E-state index contributed by atoms with van der Waals surface area (Å²) in [6, 6.07) is -0.816. The van der Waals surface area contributed by atoms with Gasteiger partial charge < -0.3 is 74.4 Å². The highest BCUT2D eigenvalue weighted by Crippen LogP contribution is 2.38. The van der Waals surface area contributed by atoms with Crippen molar-refractivity contribution >= 4 is 29.5 Å². The number of allylic oxidation sites excluding steroid dienone is 5. The third-order valence-electron chi connectivity index (χ3n) is 18.4. The molecule has 21 heteroatoms. The number of carbonyl (C=O) groups is 5. The van der Waals surface area contributed by atoms with Gasteiger partial charge in [0.05, 0.1) is 50.8 Å². The summed E-state index contributed by atoms with van der Waals surface area (Å²) in [5.74, 6) is -8.27. The molecule has 470 valence electrons. The first-order valence-electron chi connectivity index (χ1n) is 30.6. The Morgan fingerprint density at radius 1 is 0.819 bits per heavy atom. The lowest BCUT2D eigenvalue weighted by Gasteiger charge is -2.42. The summed E-state index contributed by atoms with van der Waals surface area (Å²) in [6.45, 7) is 15.7. The van der Waals surface area contributed by atoms with Crippen LogP contribution >= 0.6 is 0 Å². The highest BCUT2D eigenvalue weighted by atomic mass is 16.6. The summed E-state index contributed by atoms with van der Waals surface area (Å²) in [5, 5.41) is 49.1. The van der Waals surface area contributed by atoms with Crippen molar-refractivity contribution in [3.63, 3.8) is 0 Å². The summed E-state index contributed by atoms with van der Waals surface area (Å²) >= 11 is 0. The standard InChI is InChI=1S/C62H101N5O16/c1-38-15-11-10-12-16-39(2)52(77-8)34-47-20-18-43(6)62(76,83-47)58(72)59(73)67-23-14-13-17-49(67)60(74)81-53(35-50(68)40(3)30-42(5)56(70)57(71)55(69)41(4)29-38)48(63)31-44-19-21-51(54(32-44)78-9)82-61(75)64-22-25-79-27-28-80-26-24-66-37-45-33-46(66)36-65(45)7/h10-12,15-16,30,38,40-41,43-54,56-57,68,70-71,76H,13-14,17-29,31-37,63H2,1-9H3,(H,64,75)/b12-10?,15-11+,39-16?,42-30+/t38-,40-,41-,43-,44+,45+,46?,47+,48-,49+,50-,51-,52+,53+,54-,56-,57+,62-/m1/s1. The van der Waals surface area contributed by atoms with Crippen molar-refractivity contribution < 1.29 is 77.6 Å². The van der Waals surface area contributed by atoms with Gasteiger partial charge in [0.1, 0.15) is 30.5 Å². The van der Waals surface area contributed by atoms with E-state index in [0.29, 0.717) is 89.7 Å². The number of hydrogen-bond acceptors (Lipinski definition) is 19. The molecule has 2 amide bonds. The van der Waals surface area contributed by atoms with Crippen LogP contribution in [-0.4, -0.2) is 224 Å². The number of piperazine rings is 1. The Bertz CT molecular complexity index is 2250. The topological polar surface area (TPSA) is 279 Å². The number of fused-ring (bicyclic) bond motifs is 5. The number of rotatable bonds is 15. The lowest BCUT2D eigenvalue weighted by Crippen LogP contribution is -2.61. The van der Waals surface area contributed by atoms with E-state index in [2.05, 4.69) is 22.2 Å². The average molecular weight is 1170 g/mol. The number of hydrogen-bond donors (Lipinski definition) is 6. The molecule has 0 spiro atoms. The molecule has 0 radical (unpaired) electrons. The van der Waals surface area contributed by atoms with Crippen molar-refractivity contribution in [2.24, 2.45) is 35.3 Å². The van der Waals surface area contributed by atoms with Crippen LogP contribution in [0.5, 0.6) is 0 Å². The Balaban J connectivity index is 1.12. The second kappa shape index (κ2) is 32.7. The predicted octanol–water partition coefficient (Wildman–Crippen LogP) is 4.16. The molecule has 4 saturated heterocycles. The van der Waals surface area contributed by atoms with Gasteiger partial charge in [-0.2, -0.15) is 0 Å². The summed E-state index contributed by atoms with van der Waals surface area (Å²) in [5.41, 5.74) is 8.12. The van der Waals surface area contributed by atoms with Crippen LogP contribution < -0.4 is 11.1 Å². The maximum Gasteiger partial charge on any atom is 0.407 e. The number of aliphatic hydroxyl groups excluding tert-OH is 3. The highest BCUT2D eigenvalue weighted by molar-refractivity contribution is 6.39. The summed E-state index contributed by atoms with van der Waals surface area (Å²) in [7, 11) is 5.29. The molecule has 5 heterocycles. The highest BCUT2D eigenvalue weighted by Gasteiger charge is 2.53. The molecule has 6 aliphatic rings. The van der Waals surface area contributed by atoms with E-state index in [9.17, 15) is 44.4 Å². The maximum absolute atomic E-state index is 14.6. The predicted molar refractivity (Wildman–Crippen MR) is 310 cm³/mol. The van der Waals surface area contributed by atoms with Crippen LogP contribution in [0.2, 0.25) is 0 Å². The molecule has 0 aromatic heterocycles. The number of nitrogens with two attached hydrogens (primary N) is 1. The number of aliphatic hydroxyl groups is 4. The fourth-order valence-corrected chi connectivity index (χ4v) is 13.1. The van der Waals surface area contributed by atoms with Crippen molar-refractivity contribution in [1.82, 2.24) is 20.0 Å². The number of carbonyl (C=O) groups excluding carboxylic acids is 5. The van der Waals surface area contributed by atoms with Crippen LogP contribution in [0.25, 0.3) is 0 Å². The molecular weight excluding hydrogens is 1070 g/mol. The molecule has 83 heavy (non-hydrogen) atoms. The smallest absolute Gasteiger partial charge is 0.407 e. The largest absolute Gasteiger partial charge is 0.459 e. The molecule has 18 atom stereocenters. The minimum atomic E-state index is -2.48. The van der Waals surface area contributed by atoms with Crippen molar-refractivity contribution in [1.29, 1.82) is 0 Å². The quantitative estimate of drug-likeness (QED) is 0.0581. The van der Waals surface area contributed by atoms with Gasteiger partial charge in [-0.15, -0.1) is 0 Å². The van der Waals surface area contributed by atoms with E-state index in [4.69, 9.17) is 38.9 Å². The Morgan fingerprint density at radius 2 is 1.57 bits per heavy atom. The number of likely N-dealkylation sites (N-methyl/N-ethyl adjacent to an activating group) is 1. The van der Waals surface area contributed by atoms with Crippen LogP contribution in [0.15, 0.2) is 47.6 Å². The summed E-state index contributed by atoms with van der Waals surface area (Å²) in [6.07, 6.45) is 8.16. The first-order valence-corrected chi connectivity index (χ1v) is 30.6. The fourth-order valence-electron chi connectivity index (χ4n) is 13.1. The van der Waals surface area contributed by atoms with E-state index in [1.807, 2.05) is 44.2 Å². The lowest BCUT2D eigenvalue weighted by atomic mass is 9.80. The third kappa shape index (κ3) is 19.0. The van der Waals surface area contributed by atoms with Gasteiger partial charge in [0.15, 0.2) is 5.78 Å². The zero-order valence-corrected chi connectivity index (χ0v) is 50.9. The fraction of sp³-hybridized carbons (Fsp3) is 0.790. The summed E-state index contributed by atoms with van der Waals surface area (Å²) in [4.78, 5) is 75.9. The molecular formula is C62H101N5O16. The number of Topliss-reactive ketones (excluding diaryl/α,β-unsaturated/α-hetero) is 2. The normalized spacial score (nSPS) is 37.7. The monoisotopic (exact) mass is 1170 g/mol. The van der Waals surface area contributed by atoms with Crippen LogP contribution in [-0.2, 0) is 52.3 Å². The number of cyclic esters (lactones) is 1. The van der Waals surface area contributed by atoms with Crippen molar-refractivity contribution in [3.05, 3.63) is 47.6 Å². The Labute approximate surface area is 492 Å². The van der Waals surface area contributed by atoms with E-state index in [0.717, 1.165) is 30.1 Å². The second-order valence-corrected chi connectivity index (χ2v) is 24.8. The maximum atomic E-state index is 14.6. The number of alkyl carbamates (subject to hydrolysis) is 1. The Hall–Kier alpha value is -3.97. The number of likely N-dealkylation sites (tertiary alicyclic amines) is 2. The van der Waals surface area contributed by atoms with Gasteiger partial charge >= 0.3 is 12.1 Å². The minimum Gasteiger partial charge on any atom is -0.459 e. The molecule has 6 rings (SSSR count). The Kier molecular flexibility index (Phi) is 26.8. The SMILES string of the molecule is CO[C@H]1C[C@@H]2CC[C@@H](C)[C@@](O)(O2)C(=O)C(=O)N2CCCC[C@H]2C(=O)O[C@H]([C@H](N)C[C@@H]2CC[C@@H](OC(=O)NCCOCCOCCN3C[C@@H]4CC3CN4C)[C@H](OC)C2)C[C@@H](O)[C@H](C)/C=C(\C)[C@@H](O)[C@@H](O)C(=O)[C@H](C)C[C@H](C)/C=C/C=CC=C1C. The van der Waals surface area contributed by atoms with E-state index in [1.54, 1.807) is 48.0 Å². The minimum absolute atomic E-state index is 0.0365. The van der Waals surface area contributed by atoms with Crippen LogP contribution in [0.4, 0.5) is 4.79 Å². The number of methoxy groups -OCH3 is 2. The van der Waals surface area contributed by atoms with E-state index >= 15 is 0 Å². The van der Waals surface area contributed by atoms with Gasteiger partial charge in [0, 0.05) is 95.7 Å². The van der Waals surface area contributed by atoms with Gasteiger partial charge in [-0.3, -0.25) is 19.3 Å². The first-order chi connectivity index (χ1) is 39.5. The third-order valence-corrected chi connectivity index (χ3v) is 18.4. The molecule has 5 aliphatic heterocycles. The number of ketones is 2. The number of nitrogens with zero attached hydrogens (tertiary/aromatic N) is 3. The number of ether oxygens (including phenoxy) is 7. The van der Waals surface area contributed by atoms with Gasteiger partial charge in [-0.1, -0.05) is 64.2 Å². The van der Waals surface area contributed by atoms with Gasteiger partial charge in [0.25, 0.3) is 11.7 Å². The average Bonchev–Trinajstić information content (AvgIpc) is 4.21. The molecule has 5 fully saturated rings. The molecule has 1 aliphatic carbocycles. The van der Waals surface area contributed by atoms with E-state index in [-0.39, 0.29) is 56.4 Å². The van der Waals surface area contributed by atoms with E-state index in [1.165, 1.54) is 6.42 Å². The van der Waals surface area contributed by atoms with Gasteiger partial charge in [-0.25, -0.2) is 9.59 Å². The van der Waals surface area contributed by atoms with Gasteiger partial charge in [0.2, 0.25) is 5.79 Å². The molecule has 4 bridgehead atoms. The van der Waals surface area contributed by atoms with Crippen LogP contribution in [0.3, 0.4) is 0 Å².